The third-order valence-corrected chi connectivity index (χ3v) is 4.50. The van der Waals surface area contributed by atoms with E-state index in [4.69, 9.17) is 4.74 Å². The summed E-state index contributed by atoms with van der Waals surface area (Å²) >= 11 is 1.55. The van der Waals surface area contributed by atoms with Gasteiger partial charge in [-0.1, -0.05) is 18.2 Å². The fraction of sp³-hybridized carbons (Fsp3) is 0.471. The first-order chi connectivity index (χ1) is 11.1. The number of carbonyl (C=O) groups is 1. The van der Waals surface area contributed by atoms with Crippen LogP contribution in [0.4, 0.5) is 4.79 Å². The van der Waals surface area contributed by atoms with Crippen molar-refractivity contribution in [1.29, 1.82) is 0 Å². The van der Waals surface area contributed by atoms with Gasteiger partial charge in [0.2, 0.25) is 0 Å². The molecule has 0 aliphatic carbocycles. The quantitative estimate of drug-likeness (QED) is 0.649. The summed E-state index contributed by atoms with van der Waals surface area (Å²) in [5.74, 6) is 0. The van der Waals surface area contributed by atoms with Gasteiger partial charge < -0.3 is 20.5 Å². The Morgan fingerprint density at radius 2 is 2.09 bits per heavy atom. The molecule has 1 unspecified atom stereocenters. The zero-order valence-electron chi connectivity index (χ0n) is 13.5. The Kier molecular flexibility index (Phi) is 6.83. The SMILES string of the molecule is CC(C)OCCCNC(=O)NCC(O)c1cc2ccccc2s1. The van der Waals surface area contributed by atoms with Gasteiger partial charge in [-0.25, -0.2) is 4.79 Å². The molecule has 0 aliphatic heterocycles. The first-order valence-electron chi connectivity index (χ1n) is 7.86. The largest absolute Gasteiger partial charge is 0.386 e. The van der Waals surface area contributed by atoms with Crippen LogP contribution in [0.1, 0.15) is 31.2 Å². The predicted octanol–water partition coefficient (Wildman–Crippen LogP) is 3.05. The van der Waals surface area contributed by atoms with Crippen LogP contribution in [-0.4, -0.2) is 36.9 Å². The fourth-order valence-corrected chi connectivity index (χ4v) is 3.16. The van der Waals surface area contributed by atoms with Crippen molar-refractivity contribution >= 4 is 27.5 Å². The lowest BCUT2D eigenvalue weighted by Crippen LogP contribution is -2.38. The van der Waals surface area contributed by atoms with Crippen LogP contribution in [0.15, 0.2) is 30.3 Å². The van der Waals surface area contributed by atoms with Crippen LogP contribution in [-0.2, 0) is 4.74 Å². The number of benzene rings is 1. The number of ether oxygens (including phenoxy) is 1. The van der Waals surface area contributed by atoms with E-state index in [-0.39, 0.29) is 18.7 Å². The molecule has 0 fully saturated rings. The molecule has 1 aromatic carbocycles. The molecule has 2 amide bonds. The van der Waals surface area contributed by atoms with Crippen LogP contribution in [0.2, 0.25) is 0 Å². The van der Waals surface area contributed by atoms with Gasteiger partial charge in [0.15, 0.2) is 0 Å². The van der Waals surface area contributed by atoms with E-state index in [2.05, 4.69) is 10.6 Å². The lowest BCUT2D eigenvalue weighted by atomic mass is 10.2. The minimum absolute atomic E-state index is 0.196. The van der Waals surface area contributed by atoms with Crippen LogP contribution in [0.25, 0.3) is 10.1 Å². The molecule has 126 valence electrons. The number of carbonyl (C=O) groups excluding carboxylic acids is 1. The lowest BCUT2D eigenvalue weighted by Gasteiger charge is -2.12. The predicted molar refractivity (Wildman–Crippen MR) is 93.9 cm³/mol. The van der Waals surface area contributed by atoms with Crippen molar-refractivity contribution in [2.45, 2.75) is 32.5 Å². The smallest absolute Gasteiger partial charge is 0.314 e. The Morgan fingerprint density at radius 3 is 2.83 bits per heavy atom. The van der Waals surface area contributed by atoms with Crippen molar-refractivity contribution in [1.82, 2.24) is 10.6 Å². The molecule has 1 atom stereocenters. The molecule has 0 radical (unpaired) electrons. The molecule has 6 heteroatoms. The van der Waals surface area contributed by atoms with E-state index in [1.165, 1.54) is 0 Å². The summed E-state index contributed by atoms with van der Waals surface area (Å²) in [5, 5.41) is 16.7. The molecule has 5 nitrogen and oxygen atoms in total. The number of nitrogens with one attached hydrogen (secondary N) is 2. The maximum Gasteiger partial charge on any atom is 0.314 e. The second-order valence-corrected chi connectivity index (χ2v) is 6.73. The number of urea groups is 1. The van der Waals surface area contributed by atoms with E-state index in [1.54, 1.807) is 11.3 Å². The molecule has 3 N–H and O–H groups in total. The molecular formula is C17H24N2O3S. The van der Waals surface area contributed by atoms with E-state index in [1.807, 2.05) is 44.2 Å². The fourth-order valence-electron chi connectivity index (χ4n) is 2.11. The second kappa shape index (κ2) is 8.86. The van der Waals surface area contributed by atoms with E-state index in [0.29, 0.717) is 13.2 Å². The maximum atomic E-state index is 11.7. The second-order valence-electron chi connectivity index (χ2n) is 5.61. The summed E-state index contributed by atoms with van der Waals surface area (Å²) in [4.78, 5) is 12.5. The van der Waals surface area contributed by atoms with E-state index >= 15 is 0 Å². The Bertz CT molecular complexity index is 594. The van der Waals surface area contributed by atoms with Crippen molar-refractivity contribution in [3.8, 4) is 0 Å². The number of hydrogen-bond acceptors (Lipinski definition) is 4. The van der Waals surface area contributed by atoms with Gasteiger partial charge in [0.1, 0.15) is 6.10 Å². The normalized spacial score (nSPS) is 12.5. The number of amides is 2. The van der Waals surface area contributed by atoms with Gasteiger partial charge in [0, 0.05) is 22.7 Å². The van der Waals surface area contributed by atoms with E-state index in [9.17, 15) is 9.90 Å². The summed E-state index contributed by atoms with van der Waals surface area (Å²) in [6.07, 6.45) is 0.285. The molecule has 0 bridgehead atoms. The highest BCUT2D eigenvalue weighted by Crippen LogP contribution is 2.29. The molecule has 0 aliphatic rings. The van der Waals surface area contributed by atoms with Crippen molar-refractivity contribution in [2.24, 2.45) is 0 Å². The summed E-state index contributed by atoms with van der Waals surface area (Å²) < 4.78 is 6.53. The Morgan fingerprint density at radius 1 is 1.30 bits per heavy atom. The number of aliphatic hydroxyl groups is 1. The topological polar surface area (TPSA) is 70.6 Å². The maximum absolute atomic E-state index is 11.7. The van der Waals surface area contributed by atoms with Crippen molar-refractivity contribution in [3.63, 3.8) is 0 Å². The third-order valence-electron chi connectivity index (χ3n) is 3.29. The average Bonchev–Trinajstić information content (AvgIpc) is 2.96. The molecule has 2 aromatic rings. The summed E-state index contributed by atoms with van der Waals surface area (Å²) in [6, 6.07) is 9.68. The number of aliphatic hydroxyl groups excluding tert-OH is 1. The standard InChI is InChI=1S/C17H24N2O3S/c1-12(2)22-9-5-8-18-17(21)19-11-14(20)16-10-13-6-3-4-7-15(13)23-16/h3-4,6-7,10,12,14,20H,5,8-9,11H2,1-2H3,(H2,18,19,21). The summed E-state index contributed by atoms with van der Waals surface area (Å²) in [5.41, 5.74) is 0. The van der Waals surface area contributed by atoms with Crippen molar-refractivity contribution in [3.05, 3.63) is 35.2 Å². The van der Waals surface area contributed by atoms with Crippen LogP contribution >= 0.6 is 11.3 Å². The summed E-state index contributed by atoms with van der Waals surface area (Å²) in [7, 11) is 0. The van der Waals surface area contributed by atoms with Gasteiger partial charge in [0.05, 0.1) is 12.6 Å². The molecule has 0 saturated carbocycles. The monoisotopic (exact) mass is 336 g/mol. The molecule has 2 rings (SSSR count). The Hall–Kier alpha value is -1.63. The average molecular weight is 336 g/mol. The molecule has 23 heavy (non-hydrogen) atoms. The molecule has 1 heterocycles. The Labute approximate surface area is 140 Å². The van der Waals surface area contributed by atoms with E-state index in [0.717, 1.165) is 21.4 Å². The van der Waals surface area contributed by atoms with Crippen LogP contribution in [0, 0.1) is 0 Å². The van der Waals surface area contributed by atoms with Crippen molar-refractivity contribution < 1.29 is 14.6 Å². The molecule has 0 spiro atoms. The first kappa shape index (κ1) is 17.7. The number of rotatable bonds is 8. The number of fused-ring (bicyclic) bond motifs is 1. The molecular weight excluding hydrogens is 312 g/mol. The van der Waals surface area contributed by atoms with Gasteiger partial charge in [-0.15, -0.1) is 11.3 Å². The zero-order chi connectivity index (χ0) is 16.7. The van der Waals surface area contributed by atoms with Gasteiger partial charge >= 0.3 is 6.03 Å². The lowest BCUT2D eigenvalue weighted by molar-refractivity contribution is 0.0774. The van der Waals surface area contributed by atoms with E-state index < -0.39 is 6.10 Å². The van der Waals surface area contributed by atoms with Crippen LogP contribution < -0.4 is 10.6 Å². The van der Waals surface area contributed by atoms with Gasteiger partial charge in [-0.2, -0.15) is 0 Å². The highest BCUT2D eigenvalue weighted by molar-refractivity contribution is 7.19. The minimum Gasteiger partial charge on any atom is -0.386 e. The first-order valence-corrected chi connectivity index (χ1v) is 8.67. The zero-order valence-corrected chi connectivity index (χ0v) is 14.4. The highest BCUT2D eigenvalue weighted by Gasteiger charge is 2.12. The van der Waals surface area contributed by atoms with Gasteiger partial charge in [-0.05, 0) is 37.8 Å². The summed E-state index contributed by atoms with van der Waals surface area (Å²) in [6.45, 7) is 5.34. The van der Waals surface area contributed by atoms with Crippen LogP contribution in [0.3, 0.4) is 0 Å². The van der Waals surface area contributed by atoms with Gasteiger partial charge in [0.25, 0.3) is 0 Å². The van der Waals surface area contributed by atoms with Crippen LogP contribution in [0.5, 0.6) is 0 Å². The third kappa shape index (κ3) is 5.82. The minimum atomic E-state index is -0.692. The molecule has 1 aromatic heterocycles. The Balaban J connectivity index is 1.69. The highest BCUT2D eigenvalue weighted by atomic mass is 32.1. The molecule has 0 saturated heterocycles. The number of thiophene rings is 1. The van der Waals surface area contributed by atoms with Crippen molar-refractivity contribution in [2.75, 3.05) is 19.7 Å². The number of hydrogen-bond donors (Lipinski definition) is 3. The van der Waals surface area contributed by atoms with Gasteiger partial charge in [-0.3, -0.25) is 0 Å².